The molecule has 2 aromatic heterocycles. The Balaban J connectivity index is 1.64. The summed E-state index contributed by atoms with van der Waals surface area (Å²) in [5.41, 5.74) is 3.16. The van der Waals surface area contributed by atoms with Gasteiger partial charge in [-0.15, -0.1) is 0 Å². The van der Waals surface area contributed by atoms with Crippen LogP contribution in [0.2, 0.25) is 0 Å². The summed E-state index contributed by atoms with van der Waals surface area (Å²) in [6.07, 6.45) is 5.92. The number of likely N-dealkylation sites (tertiary alicyclic amines) is 1. The van der Waals surface area contributed by atoms with Gasteiger partial charge in [0.15, 0.2) is 0 Å². The fraction of sp³-hybridized carbons (Fsp3) is 0.632. The van der Waals surface area contributed by atoms with E-state index in [4.69, 9.17) is 4.52 Å². The Bertz CT molecular complexity index is 821. The molecule has 5 nitrogen and oxygen atoms in total. The highest BCUT2D eigenvalue weighted by Crippen LogP contribution is 2.42. The molecule has 2 saturated carbocycles. The van der Waals surface area contributed by atoms with Crippen molar-refractivity contribution in [3.05, 3.63) is 23.0 Å². The fourth-order valence-electron chi connectivity index (χ4n) is 4.47. The number of pyridine rings is 1. The van der Waals surface area contributed by atoms with Crippen molar-refractivity contribution in [2.75, 3.05) is 6.54 Å². The molecule has 0 N–H and O–H groups in total. The molecule has 0 aromatic carbocycles. The second-order valence-electron chi connectivity index (χ2n) is 8.06. The van der Waals surface area contributed by atoms with Gasteiger partial charge in [0, 0.05) is 24.2 Å². The van der Waals surface area contributed by atoms with Crippen molar-refractivity contribution in [1.82, 2.24) is 15.0 Å². The van der Waals surface area contributed by atoms with Crippen molar-refractivity contribution in [3.63, 3.8) is 0 Å². The van der Waals surface area contributed by atoms with E-state index in [0.717, 1.165) is 48.1 Å². The Hall–Kier alpha value is -1.91. The molecule has 3 fully saturated rings. The lowest BCUT2D eigenvalue weighted by atomic mass is 10.0. The van der Waals surface area contributed by atoms with Gasteiger partial charge in [0.1, 0.15) is 0 Å². The number of amides is 1. The Morgan fingerprint density at radius 2 is 2.12 bits per heavy atom. The summed E-state index contributed by atoms with van der Waals surface area (Å²) in [6, 6.07) is 2.45. The molecule has 5 rings (SSSR count). The first-order valence-corrected chi connectivity index (χ1v) is 9.23. The summed E-state index contributed by atoms with van der Waals surface area (Å²) in [4.78, 5) is 20.1. The summed E-state index contributed by atoms with van der Waals surface area (Å²) >= 11 is 0. The zero-order valence-corrected chi connectivity index (χ0v) is 14.3. The quantitative estimate of drug-likeness (QED) is 0.860. The highest BCUT2D eigenvalue weighted by atomic mass is 16.5. The van der Waals surface area contributed by atoms with Crippen LogP contribution in [0.4, 0.5) is 0 Å². The Morgan fingerprint density at radius 1 is 1.29 bits per heavy atom. The van der Waals surface area contributed by atoms with Crippen LogP contribution >= 0.6 is 0 Å². The Kier molecular flexibility index (Phi) is 3.03. The largest absolute Gasteiger partial charge is 0.335 e. The molecular formula is C19H23N3O2. The first-order chi connectivity index (χ1) is 11.6. The molecular weight excluding hydrogens is 302 g/mol. The Morgan fingerprint density at radius 3 is 2.75 bits per heavy atom. The summed E-state index contributed by atoms with van der Waals surface area (Å²) in [5, 5.41) is 5.06. The maximum absolute atomic E-state index is 13.3. The number of hydrogen-bond acceptors (Lipinski definition) is 4. The number of hydrogen-bond donors (Lipinski definition) is 0. The van der Waals surface area contributed by atoms with Crippen molar-refractivity contribution < 1.29 is 9.32 Å². The van der Waals surface area contributed by atoms with Gasteiger partial charge in [-0.2, -0.15) is 0 Å². The minimum absolute atomic E-state index is 0.154. The highest BCUT2D eigenvalue weighted by molar-refractivity contribution is 6.06. The molecule has 1 amide bonds. The molecule has 2 atom stereocenters. The van der Waals surface area contributed by atoms with Gasteiger partial charge in [-0.05, 0) is 50.0 Å². The van der Waals surface area contributed by atoms with Gasteiger partial charge in [-0.25, -0.2) is 4.98 Å². The minimum Gasteiger partial charge on any atom is -0.335 e. The van der Waals surface area contributed by atoms with Gasteiger partial charge in [0.25, 0.3) is 11.6 Å². The van der Waals surface area contributed by atoms with Crippen LogP contribution in [0.5, 0.6) is 0 Å². The summed E-state index contributed by atoms with van der Waals surface area (Å²) in [5.74, 6) is 1.55. The molecule has 2 bridgehead atoms. The monoisotopic (exact) mass is 325 g/mol. The maximum atomic E-state index is 13.3. The summed E-state index contributed by atoms with van der Waals surface area (Å²) in [6.45, 7) is 5.07. The third-order valence-electron chi connectivity index (χ3n) is 5.94. The lowest BCUT2D eigenvalue weighted by Crippen LogP contribution is -2.37. The lowest BCUT2D eigenvalue weighted by molar-refractivity contribution is 0.0705. The van der Waals surface area contributed by atoms with Gasteiger partial charge < -0.3 is 9.42 Å². The molecule has 2 unspecified atom stereocenters. The van der Waals surface area contributed by atoms with E-state index in [2.05, 4.69) is 28.9 Å². The molecule has 5 heteroatoms. The molecule has 3 aliphatic rings. The van der Waals surface area contributed by atoms with Crippen LogP contribution < -0.4 is 0 Å². The third-order valence-corrected chi connectivity index (χ3v) is 5.94. The fourth-order valence-corrected chi connectivity index (χ4v) is 4.47. The van der Waals surface area contributed by atoms with E-state index in [1.807, 2.05) is 6.07 Å². The van der Waals surface area contributed by atoms with E-state index in [0.29, 0.717) is 23.6 Å². The highest BCUT2D eigenvalue weighted by Gasteiger charge is 2.41. The number of carbonyl (C=O) groups excluding carboxylic acids is 1. The number of aromatic nitrogens is 2. The number of fused-ring (bicyclic) bond motifs is 3. The zero-order valence-electron chi connectivity index (χ0n) is 14.3. The van der Waals surface area contributed by atoms with E-state index in [1.165, 1.54) is 12.8 Å². The SMILES string of the molecule is CC(C)c1noc2nc(C3CC3)cc(C(=O)N3CC4CCC3C4)c12. The molecule has 2 aliphatic carbocycles. The van der Waals surface area contributed by atoms with Crippen LogP contribution in [0.3, 0.4) is 0 Å². The first kappa shape index (κ1) is 14.4. The van der Waals surface area contributed by atoms with E-state index in [9.17, 15) is 4.79 Å². The molecule has 2 aromatic rings. The van der Waals surface area contributed by atoms with Crippen LogP contribution in [0.15, 0.2) is 10.6 Å². The second kappa shape index (κ2) is 5.04. The van der Waals surface area contributed by atoms with Crippen molar-refractivity contribution >= 4 is 17.0 Å². The van der Waals surface area contributed by atoms with Crippen LogP contribution in [0.1, 0.15) is 79.5 Å². The van der Waals surface area contributed by atoms with Crippen LogP contribution in [-0.4, -0.2) is 33.5 Å². The molecule has 0 radical (unpaired) electrons. The van der Waals surface area contributed by atoms with Crippen molar-refractivity contribution in [2.24, 2.45) is 5.92 Å². The van der Waals surface area contributed by atoms with E-state index < -0.39 is 0 Å². The molecule has 24 heavy (non-hydrogen) atoms. The standard InChI is InChI=1S/C19H23N3O2/c1-10(2)17-16-14(19(23)22-9-11-3-6-13(22)7-11)8-15(12-4-5-12)20-18(16)24-21-17/h8,10-13H,3-7,9H2,1-2H3. The van der Waals surface area contributed by atoms with E-state index in [1.54, 1.807) is 0 Å². The van der Waals surface area contributed by atoms with Crippen molar-refractivity contribution in [2.45, 2.75) is 63.8 Å². The first-order valence-electron chi connectivity index (χ1n) is 9.23. The third kappa shape index (κ3) is 2.10. The smallest absolute Gasteiger partial charge is 0.259 e. The van der Waals surface area contributed by atoms with Crippen LogP contribution in [0, 0.1) is 5.92 Å². The number of piperidine rings is 1. The number of nitrogens with zero attached hydrogens (tertiary/aromatic N) is 3. The van der Waals surface area contributed by atoms with Gasteiger partial charge in [0.05, 0.1) is 16.6 Å². The average Bonchev–Trinajstić information content (AvgIpc) is 3.02. The molecule has 1 saturated heterocycles. The number of rotatable bonds is 3. The van der Waals surface area contributed by atoms with Crippen molar-refractivity contribution in [3.8, 4) is 0 Å². The van der Waals surface area contributed by atoms with Gasteiger partial charge in [-0.3, -0.25) is 4.79 Å². The van der Waals surface area contributed by atoms with E-state index in [-0.39, 0.29) is 11.8 Å². The minimum atomic E-state index is 0.154. The number of carbonyl (C=O) groups is 1. The second-order valence-corrected chi connectivity index (χ2v) is 8.06. The van der Waals surface area contributed by atoms with Gasteiger partial charge >= 0.3 is 0 Å². The molecule has 3 heterocycles. The zero-order chi connectivity index (χ0) is 16.4. The average molecular weight is 325 g/mol. The predicted molar refractivity (Wildman–Crippen MR) is 90.0 cm³/mol. The lowest BCUT2D eigenvalue weighted by Gasteiger charge is -2.27. The molecule has 0 spiro atoms. The maximum Gasteiger partial charge on any atom is 0.259 e. The molecule has 126 valence electrons. The van der Waals surface area contributed by atoms with Crippen LogP contribution in [0.25, 0.3) is 11.1 Å². The van der Waals surface area contributed by atoms with E-state index >= 15 is 0 Å². The summed E-state index contributed by atoms with van der Waals surface area (Å²) in [7, 11) is 0. The van der Waals surface area contributed by atoms with Gasteiger partial charge in [0.2, 0.25) is 0 Å². The summed E-state index contributed by atoms with van der Waals surface area (Å²) < 4.78 is 5.51. The van der Waals surface area contributed by atoms with Crippen LogP contribution in [-0.2, 0) is 0 Å². The van der Waals surface area contributed by atoms with Crippen molar-refractivity contribution in [1.29, 1.82) is 0 Å². The predicted octanol–water partition coefficient (Wildman–Crippen LogP) is 3.85. The van der Waals surface area contributed by atoms with Gasteiger partial charge in [-0.1, -0.05) is 19.0 Å². The normalized spacial score (nSPS) is 26.0. The molecule has 1 aliphatic heterocycles. The Labute approximate surface area is 141 Å². The topological polar surface area (TPSA) is 59.2 Å².